The van der Waals surface area contributed by atoms with Gasteiger partial charge in [0.1, 0.15) is 0 Å². The molecular formula is C14H14BrN5O3S2. The van der Waals surface area contributed by atoms with E-state index < -0.39 is 0 Å². The molecule has 4 rings (SSSR count). The highest BCUT2D eigenvalue weighted by molar-refractivity contribution is 9.10. The number of H-pyrrole nitrogens is 1. The van der Waals surface area contributed by atoms with Crippen molar-refractivity contribution in [3.8, 4) is 10.7 Å². The van der Waals surface area contributed by atoms with Crippen LogP contribution in [0.25, 0.3) is 10.7 Å². The molecular weight excluding hydrogens is 430 g/mol. The highest BCUT2D eigenvalue weighted by Gasteiger charge is 2.20. The normalized spacial score (nSPS) is 17.4. The molecule has 132 valence electrons. The Morgan fingerprint density at radius 3 is 3.20 bits per heavy atom. The van der Waals surface area contributed by atoms with Gasteiger partial charge in [-0.1, -0.05) is 16.9 Å². The highest BCUT2D eigenvalue weighted by atomic mass is 79.9. The third-order valence-electron chi connectivity index (χ3n) is 3.71. The zero-order valence-electron chi connectivity index (χ0n) is 13.0. The number of aromatic nitrogens is 5. The van der Waals surface area contributed by atoms with Gasteiger partial charge in [0, 0.05) is 16.5 Å². The van der Waals surface area contributed by atoms with Crippen LogP contribution in [0.5, 0.6) is 0 Å². The van der Waals surface area contributed by atoms with Crippen LogP contribution in [0.4, 0.5) is 0 Å². The molecule has 0 radical (unpaired) electrons. The molecule has 11 heteroatoms. The lowest BCUT2D eigenvalue weighted by molar-refractivity contribution is 0.0941. The Hall–Kier alpha value is -1.43. The Morgan fingerprint density at radius 2 is 2.44 bits per heavy atom. The van der Waals surface area contributed by atoms with Crippen LogP contribution in [-0.4, -0.2) is 37.6 Å². The number of thiophene rings is 1. The summed E-state index contributed by atoms with van der Waals surface area (Å²) in [4.78, 5) is 17.3. The van der Waals surface area contributed by atoms with E-state index in [2.05, 4.69) is 36.3 Å². The van der Waals surface area contributed by atoms with Crippen molar-refractivity contribution in [2.45, 2.75) is 36.4 Å². The summed E-state index contributed by atoms with van der Waals surface area (Å²) in [5.41, 5.74) is -0.229. The number of rotatable bonds is 6. The van der Waals surface area contributed by atoms with Crippen LogP contribution in [0.1, 0.15) is 18.7 Å². The molecule has 3 aromatic rings. The largest absolute Gasteiger partial charge is 0.376 e. The van der Waals surface area contributed by atoms with Gasteiger partial charge in [-0.25, -0.2) is 9.89 Å². The first-order valence-electron chi connectivity index (χ1n) is 7.65. The number of halogens is 1. The zero-order valence-corrected chi connectivity index (χ0v) is 16.2. The van der Waals surface area contributed by atoms with Gasteiger partial charge in [-0.2, -0.15) is 4.98 Å². The zero-order chi connectivity index (χ0) is 17.2. The fourth-order valence-corrected chi connectivity index (χ4v) is 4.68. The minimum Gasteiger partial charge on any atom is -0.376 e. The van der Waals surface area contributed by atoms with Crippen molar-refractivity contribution in [2.24, 2.45) is 0 Å². The molecule has 0 bridgehead atoms. The summed E-state index contributed by atoms with van der Waals surface area (Å²) >= 11 is 6.33. The molecule has 0 spiro atoms. The number of hydrogen-bond donors (Lipinski definition) is 1. The van der Waals surface area contributed by atoms with E-state index in [0.29, 0.717) is 29.2 Å². The van der Waals surface area contributed by atoms with Gasteiger partial charge < -0.3 is 9.26 Å². The summed E-state index contributed by atoms with van der Waals surface area (Å²) in [6.07, 6.45) is 2.07. The molecule has 0 amide bonds. The van der Waals surface area contributed by atoms with Crippen LogP contribution in [0.2, 0.25) is 0 Å². The van der Waals surface area contributed by atoms with E-state index in [0.717, 1.165) is 28.8 Å². The molecule has 0 aromatic carbocycles. The lowest BCUT2D eigenvalue weighted by atomic mass is 10.2. The van der Waals surface area contributed by atoms with E-state index in [4.69, 9.17) is 9.26 Å². The first-order valence-corrected chi connectivity index (χ1v) is 10.3. The van der Waals surface area contributed by atoms with Crippen molar-refractivity contribution in [1.29, 1.82) is 0 Å². The van der Waals surface area contributed by atoms with Crippen LogP contribution in [0.3, 0.4) is 0 Å². The van der Waals surface area contributed by atoms with E-state index in [1.165, 1.54) is 23.1 Å². The van der Waals surface area contributed by atoms with Gasteiger partial charge in [0.05, 0.1) is 23.3 Å². The first-order chi connectivity index (χ1) is 12.2. The predicted octanol–water partition coefficient (Wildman–Crippen LogP) is 2.92. The molecule has 4 heterocycles. The van der Waals surface area contributed by atoms with E-state index in [1.54, 1.807) is 4.57 Å². The van der Waals surface area contributed by atoms with Crippen molar-refractivity contribution in [3.63, 3.8) is 0 Å². The highest BCUT2D eigenvalue weighted by Crippen LogP contribution is 2.28. The van der Waals surface area contributed by atoms with Gasteiger partial charge in [0.2, 0.25) is 11.7 Å². The monoisotopic (exact) mass is 443 g/mol. The molecule has 1 aliphatic heterocycles. The van der Waals surface area contributed by atoms with Gasteiger partial charge in [-0.3, -0.25) is 4.57 Å². The average Bonchev–Trinajstić information content (AvgIpc) is 3.36. The van der Waals surface area contributed by atoms with Crippen LogP contribution < -0.4 is 5.69 Å². The van der Waals surface area contributed by atoms with Crippen LogP contribution in [-0.2, 0) is 17.0 Å². The Bertz CT molecular complexity index is 912. The maximum Gasteiger partial charge on any atom is 0.344 e. The Morgan fingerprint density at radius 1 is 1.52 bits per heavy atom. The van der Waals surface area contributed by atoms with Gasteiger partial charge in [0.15, 0.2) is 5.16 Å². The van der Waals surface area contributed by atoms with Gasteiger partial charge in [0.25, 0.3) is 0 Å². The van der Waals surface area contributed by atoms with Crippen LogP contribution in [0.15, 0.2) is 30.4 Å². The molecule has 1 aliphatic rings. The molecule has 1 saturated heterocycles. The lowest BCUT2D eigenvalue weighted by Gasteiger charge is -2.10. The maximum absolute atomic E-state index is 12.0. The minimum absolute atomic E-state index is 0.0712. The Balaban J connectivity index is 1.43. The molecule has 1 fully saturated rings. The van der Waals surface area contributed by atoms with E-state index >= 15 is 0 Å². The van der Waals surface area contributed by atoms with Crippen molar-refractivity contribution < 1.29 is 9.26 Å². The molecule has 0 aliphatic carbocycles. The molecule has 1 atom stereocenters. The van der Waals surface area contributed by atoms with Crippen LogP contribution >= 0.6 is 39.0 Å². The summed E-state index contributed by atoms with van der Waals surface area (Å²) in [6, 6.07) is 1.94. The van der Waals surface area contributed by atoms with E-state index in [9.17, 15) is 4.79 Å². The topological polar surface area (TPSA) is 98.8 Å². The third kappa shape index (κ3) is 3.89. The van der Waals surface area contributed by atoms with Gasteiger partial charge >= 0.3 is 5.69 Å². The van der Waals surface area contributed by atoms with E-state index in [1.807, 2.05) is 11.4 Å². The van der Waals surface area contributed by atoms with Crippen molar-refractivity contribution >= 4 is 39.0 Å². The predicted molar refractivity (Wildman–Crippen MR) is 96.7 cm³/mol. The third-order valence-corrected chi connectivity index (χ3v) is 6.36. The van der Waals surface area contributed by atoms with E-state index in [-0.39, 0.29) is 11.8 Å². The fourth-order valence-electron chi connectivity index (χ4n) is 2.54. The second-order valence-corrected chi connectivity index (χ2v) is 8.26. The van der Waals surface area contributed by atoms with Crippen molar-refractivity contribution in [2.75, 3.05) is 6.61 Å². The quantitative estimate of drug-likeness (QED) is 0.584. The maximum atomic E-state index is 12.0. The standard InChI is InChI=1S/C14H14BrN5O3S2/c15-8-4-10(24-6-8)12-16-11(23-19-12)7-25-14-18-17-13(21)20(14)5-9-2-1-3-22-9/h4,6,9H,1-3,5,7H2,(H,17,21). The second-order valence-electron chi connectivity index (χ2n) is 5.49. The number of nitrogens with one attached hydrogen (secondary N) is 1. The fraction of sp³-hybridized carbons (Fsp3) is 0.429. The number of aromatic amines is 1. The number of ether oxygens (including phenoxy) is 1. The smallest absolute Gasteiger partial charge is 0.344 e. The first kappa shape index (κ1) is 17.0. The summed E-state index contributed by atoms with van der Waals surface area (Å²) in [5.74, 6) is 1.49. The molecule has 1 N–H and O–H groups in total. The molecule has 3 aromatic heterocycles. The Labute approximate surface area is 159 Å². The average molecular weight is 444 g/mol. The van der Waals surface area contributed by atoms with Crippen molar-refractivity contribution in [3.05, 3.63) is 32.3 Å². The molecule has 1 unspecified atom stereocenters. The number of hydrogen-bond acceptors (Lipinski definition) is 8. The summed E-state index contributed by atoms with van der Waals surface area (Å²) < 4.78 is 13.5. The number of thioether (sulfide) groups is 1. The van der Waals surface area contributed by atoms with Gasteiger partial charge in [-0.15, -0.1) is 16.4 Å². The summed E-state index contributed by atoms with van der Waals surface area (Å²) in [6.45, 7) is 1.26. The van der Waals surface area contributed by atoms with Crippen molar-refractivity contribution in [1.82, 2.24) is 24.9 Å². The van der Waals surface area contributed by atoms with Crippen LogP contribution in [0, 0.1) is 0 Å². The lowest BCUT2D eigenvalue weighted by Crippen LogP contribution is -2.24. The second kappa shape index (κ2) is 7.44. The van der Waals surface area contributed by atoms with Gasteiger partial charge in [-0.05, 0) is 34.8 Å². The molecule has 25 heavy (non-hydrogen) atoms. The summed E-state index contributed by atoms with van der Waals surface area (Å²) in [7, 11) is 0. The number of nitrogens with zero attached hydrogens (tertiary/aromatic N) is 4. The molecule has 8 nitrogen and oxygen atoms in total. The Kier molecular flexibility index (Phi) is 5.06. The molecule has 0 saturated carbocycles. The summed E-state index contributed by atoms with van der Waals surface area (Å²) in [5, 5.41) is 13.1. The minimum atomic E-state index is -0.229. The SMILES string of the molecule is O=c1[nH]nc(SCc2nc(-c3cc(Br)cs3)no2)n1CC1CCCO1.